The van der Waals surface area contributed by atoms with Crippen LogP contribution < -0.4 is 16.6 Å². The first-order valence-electron chi connectivity index (χ1n) is 9.63. The van der Waals surface area contributed by atoms with Gasteiger partial charge in [0.15, 0.2) is 17.8 Å². The fourth-order valence-electron chi connectivity index (χ4n) is 3.49. The molecule has 1 aromatic carbocycles. The predicted molar refractivity (Wildman–Crippen MR) is 113 cm³/mol. The number of ether oxygens (including phenoxy) is 1. The number of aryl methyl sites for hydroxylation is 2. The molecule has 1 N–H and O–H groups in total. The van der Waals surface area contributed by atoms with Crippen LogP contribution >= 0.6 is 0 Å². The average Bonchev–Trinajstić information content (AvgIpc) is 3.27. The van der Waals surface area contributed by atoms with Gasteiger partial charge in [-0.1, -0.05) is 0 Å². The minimum Gasteiger partial charge on any atom is -0.454 e. The lowest BCUT2D eigenvalue weighted by atomic mass is 10.1. The Morgan fingerprint density at radius 1 is 1.03 bits per heavy atom. The third kappa shape index (κ3) is 3.58. The normalized spacial score (nSPS) is 12.9. The SMILES string of the molecule is CN1C(=O)c2ccc(NC(=O)COC(=O)Cn3c(=O)c4c(ncn4C)n(C)c3=O)cc2C1=O. The number of carbonyl (C=O) groups excluding carboxylic acids is 4. The fourth-order valence-corrected chi connectivity index (χ4v) is 3.49. The number of benzene rings is 1. The van der Waals surface area contributed by atoms with E-state index >= 15 is 0 Å². The van der Waals surface area contributed by atoms with Crippen molar-refractivity contribution in [1.29, 1.82) is 0 Å². The summed E-state index contributed by atoms with van der Waals surface area (Å²) in [5.74, 6) is -2.61. The van der Waals surface area contributed by atoms with Gasteiger partial charge in [0, 0.05) is 26.8 Å². The number of anilines is 1. The van der Waals surface area contributed by atoms with Crippen molar-refractivity contribution in [3.05, 3.63) is 56.5 Å². The predicted octanol–water partition coefficient (Wildman–Crippen LogP) is -1.16. The summed E-state index contributed by atoms with van der Waals surface area (Å²) in [6.45, 7) is -1.38. The first-order valence-corrected chi connectivity index (χ1v) is 9.63. The van der Waals surface area contributed by atoms with Gasteiger partial charge < -0.3 is 14.6 Å². The summed E-state index contributed by atoms with van der Waals surface area (Å²) in [5.41, 5.74) is -0.540. The van der Waals surface area contributed by atoms with E-state index in [0.29, 0.717) is 4.57 Å². The van der Waals surface area contributed by atoms with Gasteiger partial charge in [0.25, 0.3) is 23.3 Å². The molecule has 1 aliphatic heterocycles. The first kappa shape index (κ1) is 21.7. The number of imide groups is 1. The van der Waals surface area contributed by atoms with Crippen molar-refractivity contribution < 1.29 is 23.9 Å². The number of nitrogens with one attached hydrogen (secondary N) is 1. The van der Waals surface area contributed by atoms with Gasteiger partial charge in [-0.2, -0.15) is 0 Å². The molecule has 3 amide bonds. The third-order valence-electron chi connectivity index (χ3n) is 5.23. The van der Waals surface area contributed by atoms with Crippen LogP contribution in [0.25, 0.3) is 11.2 Å². The van der Waals surface area contributed by atoms with Crippen LogP contribution in [0.2, 0.25) is 0 Å². The van der Waals surface area contributed by atoms with E-state index in [0.717, 1.165) is 9.47 Å². The van der Waals surface area contributed by atoms with Crippen molar-refractivity contribution in [1.82, 2.24) is 23.6 Å². The molecule has 0 saturated heterocycles. The Hall–Kier alpha value is -4.55. The highest BCUT2D eigenvalue weighted by Gasteiger charge is 2.32. The third-order valence-corrected chi connectivity index (χ3v) is 5.23. The van der Waals surface area contributed by atoms with Gasteiger partial charge in [-0.25, -0.2) is 14.3 Å². The Morgan fingerprint density at radius 3 is 2.45 bits per heavy atom. The molecule has 1 aliphatic rings. The molecule has 170 valence electrons. The van der Waals surface area contributed by atoms with Crippen LogP contribution in [0.1, 0.15) is 20.7 Å². The smallest absolute Gasteiger partial charge is 0.333 e. The molecular weight excluding hydrogens is 436 g/mol. The number of hydrogen-bond donors (Lipinski definition) is 1. The lowest BCUT2D eigenvalue weighted by Gasteiger charge is -2.09. The van der Waals surface area contributed by atoms with Crippen LogP contribution in [0.15, 0.2) is 34.1 Å². The summed E-state index contributed by atoms with van der Waals surface area (Å²) in [6.07, 6.45) is 1.37. The number of imidazole rings is 1. The number of aromatic nitrogens is 4. The van der Waals surface area contributed by atoms with Gasteiger partial charge in [0.1, 0.15) is 6.54 Å². The molecule has 3 aromatic rings. The summed E-state index contributed by atoms with van der Waals surface area (Å²) in [5, 5.41) is 2.46. The molecule has 0 fully saturated rings. The molecule has 0 spiro atoms. The number of amides is 3. The van der Waals surface area contributed by atoms with Gasteiger partial charge in [-0.05, 0) is 18.2 Å². The van der Waals surface area contributed by atoms with Gasteiger partial charge in [-0.15, -0.1) is 0 Å². The summed E-state index contributed by atoms with van der Waals surface area (Å²) in [4.78, 5) is 78.3. The monoisotopic (exact) mass is 454 g/mol. The highest BCUT2D eigenvalue weighted by molar-refractivity contribution is 6.21. The van der Waals surface area contributed by atoms with E-state index in [2.05, 4.69) is 10.3 Å². The standard InChI is InChI=1S/C20H18N6O7/c1-23-9-21-16-15(23)19(31)26(20(32)24(16)2)7-14(28)33-8-13(27)22-10-4-5-11-12(6-10)18(30)25(3)17(11)29/h4-6,9H,7-8H2,1-3H3,(H,22,27). The highest BCUT2D eigenvalue weighted by atomic mass is 16.5. The molecule has 0 radical (unpaired) electrons. The number of hydrogen-bond acceptors (Lipinski definition) is 8. The number of nitrogens with zero attached hydrogens (tertiary/aromatic N) is 5. The topological polar surface area (TPSA) is 155 Å². The molecule has 2 aromatic heterocycles. The van der Waals surface area contributed by atoms with E-state index in [9.17, 15) is 28.8 Å². The molecule has 3 heterocycles. The molecule has 0 atom stereocenters. The zero-order valence-corrected chi connectivity index (χ0v) is 17.8. The van der Waals surface area contributed by atoms with Crippen LogP contribution in [0.3, 0.4) is 0 Å². The van der Waals surface area contributed by atoms with E-state index < -0.39 is 48.1 Å². The van der Waals surface area contributed by atoms with E-state index in [1.807, 2.05) is 0 Å². The summed E-state index contributed by atoms with van der Waals surface area (Å²) in [7, 11) is 4.35. The van der Waals surface area contributed by atoms with Crippen molar-refractivity contribution in [3.63, 3.8) is 0 Å². The second kappa shape index (κ2) is 7.85. The largest absolute Gasteiger partial charge is 0.454 e. The van der Waals surface area contributed by atoms with Gasteiger partial charge in [-0.3, -0.25) is 33.4 Å². The number of rotatable bonds is 5. The second-order valence-corrected chi connectivity index (χ2v) is 7.40. The lowest BCUT2D eigenvalue weighted by Crippen LogP contribution is -2.41. The number of esters is 1. The van der Waals surface area contributed by atoms with Crippen molar-refractivity contribution in [2.45, 2.75) is 6.54 Å². The lowest BCUT2D eigenvalue weighted by molar-refractivity contribution is -0.148. The van der Waals surface area contributed by atoms with Crippen molar-refractivity contribution in [2.75, 3.05) is 19.0 Å². The van der Waals surface area contributed by atoms with E-state index in [-0.39, 0.29) is 28.0 Å². The molecular formula is C20H18N6O7. The fraction of sp³-hybridized carbons (Fsp3) is 0.250. The zero-order valence-electron chi connectivity index (χ0n) is 17.8. The van der Waals surface area contributed by atoms with Crippen LogP contribution in [-0.2, 0) is 35.0 Å². The molecule has 0 saturated carbocycles. The van der Waals surface area contributed by atoms with Crippen molar-refractivity contribution >= 4 is 40.5 Å². The second-order valence-electron chi connectivity index (χ2n) is 7.40. The Kier molecular flexibility index (Phi) is 5.16. The van der Waals surface area contributed by atoms with E-state index in [4.69, 9.17) is 4.74 Å². The Balaban J connectivity index is 1.42. The minimum atomic E-state index is -0.970. The van der Waals surface area contributed by atoms with Gasteiger partial charge >= 0.3 is 11.7 Å². The molecule has 13 nitrogen and oxygen atoms in total. The quantitative estimate of drug-likeness (QED) is 0.374. The van der Waals surface area contributed by atoms with Crippen molar-refractivity contribution in [3.8, 4) is 0 Å². The Labute approximate surface area is 184 Å². The van der Waals surface area contributed by atoms with Crippen LogP contribution in [0.5, 0.6) is 0 Å². The molecule has 0 bridgehead atoms. The van der Waals surface area contributed by atoms with E-state index in [1.54, 1.807) is 7.05 Å². The van der Waals surface area contributed by atoms with Gasteiger partial charge in [0.05, 0.1) is 17.5 Å². The summed E-state index contributed by atoms with van der Waals surface area (Å²) < 4.78 is 8.15. The maximum atomic E-state index is 12.6. The summed E-state index contributed by atoms with van der Waals surface area (Å²) in [6, 6.07) is 4.21. The van der Waals surface area contributed by atoms with Crippen LogP contribution in [0.4, 0.5) is 5.69 Å². The Bertz CT molecular complexity index is 1480. The average molecular weight is 454 g/mol. The molecule has 4 rings (SSSR count). The molecule has 13 heteroatoms. The van der Waals surface area contributed by atoms with Crippen molar-refractivity contribution in [2.24, 2.45) is 14.1 Å². The molecule has 0 aliphatic carbocycles. The molecule has 0 unspecified atom stereocenters. The first-order chi connectivity index (χ1) is 15.6. The van der Waals surface area contributed by atoms with Gasteiger partial charge in [0.2, 0.25) is 0 Å². The maximum Gasteiger partial charge on any atom is 0.333 e. The van der Waals surface area contributed by atoms with E-state index in [1.165, 1.54) is 43.2 Å². The zero-order chi connectivity index (χ0) is 24.0. The maximum absolute atomic E-state index is 12.6. The number of fused-ring (bicyclic) bond motifs is 2. The molecule has 33 heavy (non-hydrogen) atoms. The van der Waals surface area contributed by atoms with Crippen LogP contribution in [-0.4, -0.2) is 60.9 Å². The Morgan fingerprint density at radius 2 is 1.73 bits per heavy atom. The highest BCUT2D eigenvalue weighted by Crippen LogP contribution is 2.24. The summed E-state index contributed by atoms with van der Waals surface area (Å²) >= 11 is 0. The number of carbonyl (C=O) groups is 4. The van der Waals surface area contributed by atoms with Crippen LogP contribution in [0, 0.1) is 0 Å². The minimum absolute atomic E-state index is 0.137.